The molecule has 1 aromatic rings. The highest BCUT2D eigenvalue weighted by Crippen LogP contribution is 2.45. The van der Waals surface area contributed by atoms with Crippen LogP contribution in [0.25, 0.3) is 0 Å². The van der Waals surface area contributed by atoms with Gasteiger partial charge in [-0.2, -0.15) is 0 Å². The molecule has 2 fully saturated rings. The van der Waals surface area contributed by atoms with Crippen LogP contribution in [-0.4, -0.2) is 11.0 Å². The van der Waals surface area contributed by atoms with Gasteiger partial charge in [-0.3, -0.25) is 0 Å². The molecule has 3 heteroatoms. The zero-order chi connectivity index (χ0) is 14.2. The van der Waals surface area contributed by atoms with Gasteiger partial charge >= 0.3 is 0 Å². The van der Waals surface area contributed by atoms with E-state index in [9.17, 15) is 0 Å². The maximum absolute atomic E-state index is 5.03. The highest BCUT2D eigenvalue weighted by Gasteiger charge is 2.43. The Bertz CT molecular complexity index is 464. The van der Waals surface area contributed by atoms with E-state index in [2.05, 4.69) is 26.1 Å². The summed E-state index contributed by atoms with van der Waals surface area (Å²) in [4.78, 5) is 6.46. The minimum atomic E-state index is 0.197. The average molecular weight is 292 g/mol. The maximum atomic E-state index is 5.03. The van der Waals surface area contributed by atoms with Gasteiger partial charge in [-0.15, -0.1) is 11.3 Å². The van der Waals surface area contributed by atoms with Gasteiger partial charge in [-0.25, -0.2) is 4.98 Å². The smallest absolute Gasteiger partial charge is 0.113 e. The van der Waals surface area contributed by atoms with Gasteiger partial charge in [0, 0.05) is 10.9 Å². The summed E-state index contributed by atoms with van der Waals surface area (Å²) in [5.74, 6) is 0.879. The van der Waals surface area contributed by atoms with Crippen LogP contribution in [-0.2, 0) is 12.0 Å². The molecule has 112 valence electrons. The molecule has 0 radical (unpaired) electrons. The van der Waals surface area contributed by atoms with Crippen LogP contribution in [0.15, 0.2) is 0 Å². The van der Waals surface area contributed by atoms with Crippen molar-refractivity contribution in [2.75, 3.05) is 0 Å². The van der Waals surface area contributed by atoms with E-state index in [1.54, 1.807) is 0 Å². The van der Waals surface area contributed by atoms with E-state index >= 15 is 0 Å². The van der Waals surface area contributed by atoms with Gasteiger partial charge in [0.15, 0.2) is 0 Å². The van der Waals surface area contributed by atoms with Crippen LogP contribution < -0.4 is 5.32 Å². The molecular formula is C17H28N2S. The fourth-order valence-electron chi connectivity index (χ4n) is 3.70. The van der Waals surface area contributed by atoms with Crippen LogP contribution in [0.1, 0.15) is 74.4 Å². The lowest BCUT2D eigenvalue weighted by molar-refractivity contribution is 0.172. The first-order chi connectivity index (χ1) is 9.66. The van der Waals surface area contributed by atoms with Crippen molar-refractivity contribution >= 4 is 11.3 Å². The molecule has 0 amide bonds. The molecule has 0 aliphatic heterocycles. The molecule has 1 N–H and O–H groups in total. The summed E-state index contributed by atoms with van der Waals surface area (Å²) in [6.07, 6.45) is 10.5. The van der Waals surface area contributed by atoms with Crippen molar-refractivity contribution in [2.24, 2.45) is 5.92 Å². The lowest BCUT2D eigenvalue weighted by Gasteiger charge is -2.40. The zero-order valence-electron chi connectivity index (χ0n) is 13.2. The lowest BCUT2D eigenvalue weighted by atomic mass is 9.75. The Morgan fingerprint density at radius 2 is 2.10 bits per heavy atom. The summed E-state index contributed by atoms with van der Waals surface area (Å²) in [7, 11) is 0. The van der Waals surface area contributed by atoms with E-state index in [4.69, 9.17) is 4.98 Å². The first-order valence-electron chi connectivity index (χ1n) is 8.41. The van der Waals surface area contributed by atoms with Gasteiger partial charge in [0.2, 0.25) is 0 Å². The van der Waals surface area contributed by atoms with Crippen LogP contribution in [0.5, 0.6) is 0 Å². The van der Waals surface area contributed by atoms with Crippen molar-refractivity contribution in [2.45, 2.75) is 83.7 Å². The molecule has 0 bridgehead atoms. The quantitative estimate of drug-likeness (QED) is 0.860. The molecule has 2 nitrogen and oxygen atoms in total. The Morgan fingerprint density at radius 3 is 2.70 bits per heavy atom. The Balaban J connectivity index is 1.90. The molecule has 0 aromatic carbocycles. The second kappa shape index (κ2) is 5.76. The molecular weight excluding hydrogens is 264 g/mol. The normalized spacial score (nSPS) is 30.6. The molecule has 1 heterocycles. The van der Waals surface area contributed by atoms with Crippen molar-refractivity contribution in [3.05, 3.63) is 15.6 Å². The Kier molecular flexibility index (Phi) is 4.19. The molecule has 0 spiro atoms. The average Bonchev–Trinajstić information content (AvgIpc) is 3.18. The summed E-state index contributed by atoms with van der Waals surface area (Å²) in [5, 5.41) is 5.39. The van der Waals surface area contributed by atoms with Crippen molar-refractivity contribution < 1.29 is 0 Å². The first kappa shape index (κ1) is 14.5. The van der Waals surface area contributed by atoms with Gasteiger partial charge in [-0.05, 0) is 44.9 Å². The van der Waals surface area contributed by atoms with E-state index in [-0.39, 0.29) is 5.54 Å². The zero-order valence-corrected chi connectivity index (χ0v) is 14.0. The number of aromatic nitrogens is 1. The minimum absolute atomic E-state index is 0.197. The maximum Gasteiger partial charge on any atom is 0.113 e. The van der Waals surface area contributed by atoms with Crippen molar-refractivity contribution in [1.82, 2.24) is 10.3 Å². The van der Waals surface area contributed by atoms with Crippen LogP contribution in [0.4, 0.5) is 0 Å². The Labute approximate surface area is 127 Å². The Hall–Kier alpha value is -0.410. The summed E-state index contributed by atoms with van der Waals surface area (Å²) in [6, 6.07) is 0.764. The van der Waals surface area contributed by atoms with Gasteiger partial charge in [0.05, 0.1) is 11.2 Å². The van der Waals surface area contributed by atoms with Crippen LogP contribution in [0.2, 0.25) is 0 Å². The number of hydrogen-bond donors (Lipinski definition) is 1. The van der Waals surface area contributed by atoms with E-state index in [0.29, 0.717) is 0 Å². The largest absolute Gasteiger partial charge is 0.303 e. The third kappa shape index (κ3) is 2.80. The summed E-state index contributed by atoms with van der Waals surface area (Å²) in [5.41, 5.74) is 1.52. The molecule has 2 atom stereocenters. The lowest BCUT2D eigenvalue weighted by Crippen LogP contribution is -2.47. The first-order valence-corrected chi connectivity index (χ1v) is 9.23. The molecule has 2 saturated carbocycles. The molecule has 2 unspecified atom stereocenters. The molecule has 3 rings (SSSR count). The predicted molar refractivity (Wildman–Crippen MR) is 86.3 cm³/mol. The van der Waals surface area contributed by atoms with Crippen molar-refractivity contribution in [1.29, 1.82) is 0 Å². The number of aryl methyl sites for hydroxylation is 2. The predicted octanol–water partition coefficient (Wildman–Crippen LogP) is 4.56. The Morgan fingerprint density at radius 1 is 1.30 bits per heavy atom. The van der Waals surface area contributed by atoms with E-state index in [0.717, 1.165) is 18.4 Å². The fraction of sp³-hybridized carbons (Fsp3) is 0.824. The number of nitrogens with zero attached hydrogens (tertiary/aromatic N) is 1. The number of thiazole rings is 1. The van der Waals surface area contributed by atoms with E-state index in [1.165, 1.54) is 60.5 Å². The summed E-state index contributed by atoms with van der Waals surface area (Å²) >= 11 is 1.95. The molecule has 20 heavy (non-hydrogen) atoms. The number of hydrogen-bond acceptors (Lipinski definition) is 3. The van der Waals surface area contributed by atoms with E-state index < -0.39 is 0 Å². The third-order valence-electron chi connectivity index (χ3n) is 5.13. The van der Waals surface area contributed by atoms with Crippen molar-refractivity contribution in [3.8, 4) is 0 Å². The summed E-state index contributed by atoms with van der Waals surface area (Å²) < 4.78 is 0. The summed E-state index contributed by atoms with van der Waals surface area (Å²) in [6.45, 7) is 6.82. The minimum Gasteiger partial charge on any atom is -0.303 e. The highest BCUT2D eigenvalue weighted by molar-refractivity contribution is 7.11. The van der Waals surface area contributed by atoms with Gasteiger partial charge in [0.25, 0.3) is 0 Å². The molecule has 2 aliphatic carbocycles. The number of nitrogens with one attached hydrogen (secondary N) is 1. The second-order valence-electron chi connectivity index (χ2n) is 6.75. The third-order valence-corrected chi connectivity index (χ3v) is 6.34. The number of rotatable bonds is 5. The van der Waals surface area contributed by atoms with Crippen molar-refractivity contribution in [3.63, 3.8) is 0 Å². The van der Waals surface area contributed by atoms with Gasteiger partial charge < -0.3 is 5.32 Å². The van der Waals surface area contributed by atoms with Crippen LogP contribution in [0, 0.1) is 12.8 Å². The highest BCUT2D eigenvalue weighted by atomic mass is 32.1. The second-order valence-corrected chi connectivity index (χ2v) is 7.95. The molecule has 0 saturated heterocycles. The standard InChI is InChI=1S/C17H28N2S/c1-4-13-7-6-10-17(11-13,19-14-8-9-14)16-18-15(5-2)12(3)20-16/h13-14,19H,4-11H2,1-3H3. The molecule has 1 aromatic heterocycles. The SMILES string of the molecule is CCc1nc(C2(NC3CC3)CCCC(CC)C2)sc1C. The van der Waals surface area contributed by atoms with Gasteiger partial charge in [-0.1, -0.05) is 33.1 Å². The topological polar surface area (TPSA) is 24.9 Å². The molecule has 2 aliphatic rings. The monoisotopic (exact) mass is 292 g/mol. The van der Waals surface area contributed by atoms with E-state index in [1.807, 2.05) is 11.3 Å². The van der Waals surface area contributed by atoms with Gasteiger partial charge in [0.1, 0.15) is 5.01 Å². The fourth-order valence-corrected chi connectivity index (χ4v) is 4.90. The van der Waals surface area contributed by atoms with Crippen LogP contribution in [0.3, 0.4) is 0 Å². The van der Waals surface area contributed by atoms with Crippen LogP contribution >= 0.6 is 11.3 Å².